The number of hydrogen-bond donors (Lipinski definition) is 1. The molecule has 7 heteroatoms. The molecule has 33 heavy (non-hydrogen) atoms. The largest absolute Gasteiger partial charge is 1.00 e. The van der Waals surface area contributed by atoms with Crippen LogP contribution in [0.5, 0.6) is 17.2 Å². The van der Waals surface area contributed by atoms with E-state index in [-0.39, 0.29) is 57.1 Å². The molecule has 0 saturated heterocycles. The zero-order chi connectivity index (χ0) is 23.2. The second-order valence-corrected chi connectivity index (χ2v) is 9.80. The van der Waals surface area contributed by atoms with Gasteiger partial charge in [0.2, 0.25) is 0 Å². The predicted octanol–water partition coefficient (Wildman–Crippen LogP) is 4.05. The first-order valence-electron chi connectivity index (χ1n) is 12.0. The number of aryl methyl sites for hydroxylation is 1. The van der Waals surface area contributed by atoms with Gasteiger partial charge in [0.1, 0.15) is 11.5 Å². The van der Waals surface area contributed by atoms with Crippen molar-refractivity contribution in [1.29, 1.82) is 0 Å². The number of ether oxygens (including phenoxy) is 1. The first-order valence-corrected chi connectivity index (χ1v) is 13.4. The zero-order valence-corrected chi connectivity index (χ0v) is 24.2. The smallest absolute Gasteiger partial charge is 0.869 e. The molecular formula is C26H37KO5S. The molecule has 0 saturated carbocycles. The van der Waals surface area contributed by atoms with Crippen LogP contribution >= 0.6 is 0 Å². The molecule has 2 aromatic rings. The van der Waals surface area contributed by atoms with Gasteiger partial charge in [0.15, 0.2) is 0 Å². The Bertz CT molecular complexity index is 900. The van der Waals surface area contributed by atoms with Crippen molar-refractivity contribution in [2.75, 3.05) is 0 Å². The van der Waals surface area contributed by atoms with Gasteiger partial charge in [0.05, 0.1) is 4.90 Å². The second-order valence-electron chi connectivity index (χ2n) is 8.41. The molecule has 0 radical (unpaired) electrons. The van der Waals surface area contributed by atoms with Gasteiger partial charge in [-0.25, -0.2) is 0 Å². The molecule has 0 aliphatic carbocycles. The van der Waals surface area contributed by atoms with Crippen molar-refractivity contribution >= 4 is 10.1 Å². The number of hydrogen-bond acceptors (Lipinski definition) is 4. The molecule has 178 valence electrons. The third-order valence-corrected chi connectivity index (χ3v) is 6.58. The normalized spacial score (nSPS) is 11.2. The Morgan fingerprint density at radius 1 is 0.788 bits per heavy atom. The summed E-state index contributed by atoms with van der Waals surface area (Å²) in [5.74, 6) is -0.366. The molecule has 1 N–H and O–H groups in total. The maximum atomic E-state index is 12.7. The summed E-state index contributed by atoms with van der Waals surface area (Å²) in [6.45, 7) is 2.24. The fourth-order valence-corrected chi connectivity index (χ4v) is 4.43. The summed E-state index contributed by atoms with van der Waals surface area (Å²) in [6, 6.07) is 11.5. The van der Waals surface area contributed by atoms with Gasteiger partial charge in [-0.15, -0.1) is 0 Å². The topological polar surface area (TPSA) is 86.7 Å². The summed E-state index contributed by atoms with van der Waals surface area (Å²) in [4.78, 5) is -0.651. The number of benzene rings is 2. The zero-order valence-electron chi connectivity index (χ0n) is 20.2. The maximum Gasteiger partial charge on any atom is 1.00 e. The van der Waals surface area contributed by atoms with E-state index in [1.165, 1.54) is 63.9 Å². The van der Waals surface area contributed by atoms with Crippen LogP contribution in [0, 0.1) is 0 Å². The molecule has 0 heterocycles. The molecule has 0 amide bonds. The second kappa shape index (κ2) is 17.1. The summed E-state index contributed by atoms with van der Waals surface area (Å²) in [7, 11) is -4.60. The van der Waals surface area contributed by atoms with Gasteiger partial charge >= 0.3 is 51.4 Å². The minimum Gasteiger partial charge on any atom is -0.869 e. The van der Waals surface area contributed by atoms with E-state index in [0.29, 0.717) is 17.7 Å². The molecule has 0 aliphatic heterocycles. The van der Waals surface area contributed by atoms with Crippen LogP contribution in [0.15, 0.2) is 47.4 Å². The molecule has 0 fully saturated rings. The van der Waals surface area contributed by atoms with E-state index in [9.17, 15) is 18.1 Å². The molecule has 0 aliphatic rings. The average Bonchev–Trinajstić information content (AvgIpc) is 2.76. The van der Waals surface area contributed by atoms with Gasteiger partial charge in [-0.3, -0.25) is 4.55 Å². The van der Waals surface area contributed by atoms with E-state index in [1.807, 2.05) is 6.07 Å². The van der Waals surface area contributed by atoms with Gasteiger partial charge in [-0.05, 0) is 42.4 Å². The Labute approximate surface area is 242 Å². The fraction of sp³-hybridized carbons (Fsp3) is 0.538. The Balaban J connectivity index is 0.00000544. The van der Waals surface area contributed by atoms with E-state index >= 15 is 0 Å². The van der Waals surface area contributed by atoms with E-state index in [0.717, 1.165) is 19.3 Å². The Hall–Kier alpha value is -0.414. The molecule has 0 spiro atoms. The molecule has 0 atom stereocenters. The van der Waals surface area contributed by atoms with Gasteiger partial charge in [-0.2, -0.15) is 8.42 Å². The van der Waals surface area contributed by atoms with Crippen molar-refractivity contribution in [2.45, 2.75) is 95.3 Å². The van der Waals surface area contributed by atoms with E-state index in [1.54, 1.807) is 30.3 Å². The molecule has 2 aromatic carbocycles. The van der Waals surface area contributed by atoms with Crippen molar-refractivity contribution in [3.8, 4) is 17.2 Å². The van der Waals surface area contributed by atoms with Crippen molar-refractivity contribution in [2.24, 2.45) is 0 Å². The van der Waals surface area contributed by atoms with Crippen LogP contribution in [0.1, 0.15) is 89.5 Å². The van der Waals surface area contributed by atoms with Crippen molar-refractivity contribution in [3.05, 3.63) is 48.0 Å². The summed E-state index contributed by atoms with van der Waals surface area (Å²) in [5, 5.41) is 12.7. The fourth-order valence-electron chi connectivity index (χ4n) is 3.86. The summed E-state index contributed by atoms with van der Waals surface area (Å²) >= 11 is 0. The Morgan fingerprint density at radius 2 is 1.30 bits per heavy atom. The molecule has 0 unspecified atom stereocenters. The summed E-state index contributed by atoms with van der Waals surface area (Å²) < 4.78 is 38.2. The molecule has 0 aromatic heterocycles. The SMILES string of the molecule is CCCCCCCCCCCCCCc1ccc(S(=O)(=O)O)c([O-])c1Oc1ccccc1.[K+]. The standard InChI is InChI=1S/C26H38O5S.K/c1-2-3-4-5-6-7-8-9-10-11-12-14-17-22-20-21-24(32(28,29)30)25(27)26(22)31-23-18-15-13-16-19-23;/h13,15-16,18-21,27H,2-12,14,17H2,1H3,(H,28,29,30);/q;+1/p-1. The number of unbranched alkanes of at least 4 members (excludes halogenated alkanes) is 11. The van der Waals surface area contributed by atoms with Crippen LogP contribution in [0.3, 0.4) is 0 Å². The Kier molecular flexibility index (Phi) is 15.9. The van der Waals surface area contributed by atoms with Crippen molar-refractivity contribution in [3.63, 3.8) is 0 Å². The summed E-state index contributed by atoms with van der Waals surface area (Å²) in [5.41, 5.74) is 0.665. The third kappa shape index (κ3) is 11.7. The molecule has 0 bridgehead atoms. The van der Waals surface area contributed by atoms with Gasteiger partial charge < -0.3 is 9.84 Å². The van der Waals surface area contributed by atoms with Gasteiger partial charge in [-0.1, -0.05) is 102 Å². The quantitative estimate of drug-likeness (QED) is 0.213. The molecule has 2 rings (SSSR count). The van der Waals surface area contributed by atoms with Gasteiger partial charge in [0, 0.05) is 0 Å². The van der Waals surface area contributed by atoms with E-state index in [2.05, 4.69) is 6.92 Å². The van der Waals surface area contributed by atoms with Crippen molar-refractivity contribution < 1.29 is 74.2 Å². The van der Waals surface area contributed by atoms with Crippen LogP contribution in [-0.4, -0.2) is 13.0 Å². The van der Waals surface area contributed by atoms with Crippen LogP contribution in [0.2, 0.25) is 0 Å². The van der Waals surface area contributed by atoms with Crippen LogP contribution in [0.25, 0.3) is 0 Å². The minimum absolute atomic E-state index is 0. The van der Waals surface area contributed by atoms with Crippen LogP contribution < -0.4 is 61.2 Å². The monoisotopic (exact) mass is 500 g/mol. The summed E-state index contributed by atoms with van der Waals surface area (Å²) in [6.07, 6.45) is 15.6. The Morgan fingerprint density at radius 3 is 1.82 bits per heavy atom. The van der Waals surface area contributed by atoms with E-state index in [4.69, 9.17) is 4.74 Å². The van der Waals surface area contributed by atoms with Crippen molar-refractivity contribution in [1.82, 2.24) is 0 Å². The molecular weight excluding hydrogens is 463 g/mol. The third-order valence-electron chi connectivity index (χ3n) is 5.70. The molecule has 5 nitrogen and oxygen atoms in total. The number of rotatable bonds is 16. The first kappa shape index (κ1) is 30.6. The van der Waals surface area contributed by atoms with E-state index < -0.39 is 20.8 Å². The van der Waals surface area contributed by atoms with Crippen LogP contribution in [0.4, 0.5) is 0 Å². The van der Waals surface area contributed by atoms with Crippen LogP contribution in [-0.2, 0) is 16.5 Å². The predicted molar refractivity (Wildman–Crippen MR) is 127 cm³/mol. The maximum absolute atomic E-state index is 12.7. The first-order chi connectivity index (χ1) is 15.4. The average molecular weight is 501 g/mol. The minimum atomic E-state index is -4.60. The number of para-hydroxylation sites is 1. The van der Waals surface area contributed by atoms with Gasteiger partial charge in [0.25, 0.3) is 10.1 Å².